The van der Waals surface area contributed by atoms with Gasteiger partial charge in [-0.2, -0.15) is 0 Å². The molecule has 2 nitrogen and oxygen atoms in total. The van der Waals surface area contributed by atoms with Gasteiger partial charge in [0.25, 0.3) is 0 Å². The van der Waals surface area contributed by atoms with Crippen molar-refractivity contribution in [3.8, 4) is 11.1 Å². The van der Waals surface area contributed by atoms with Crippen LogP contribution >= 0.6 is 11.6 Å². The zero-order chi connectivity index (χ0) is 14.2. The number of rotatable bonds is 2. The topological polar surface area (TPSA) is 37.3 Å². The first-order valence-electron chi connectivity index (χ1n) is 5.08. The van der Waals surface area contributed by atoms with E-state index >= 15 is 0 Å². The fourth-order valence-electron chi connectivity index (χ4n) is 1.63. The predicted octanol–water partition coefficient (Wildman–Crippen LogP) is 4.12. The molecule has 0 radical (unpaired) electrons. The summed E-state index contributed by atoms with van der Waals surface area (Å²) in [5.74, 6) is -4.22. The number of benzene rings is 2. The number of aromatic carboxylic acids is 1. The largest absolute Gasteiger partial charge is 0.478 e. The fraction of sp³-hybridized carbons (Fsp3) is 0. The maximum Gasteiger partial charge on any atom is 0.338 e. The molecule has 0 spiro atoms. The van der Waals surface area contributed by atoms with Crippen LogP contribution in [0.4, 0.5) is 13.2 Å². The summed E-state index contributed by atoms with van der Waals surface area (Å²) in [6, 6.07) is 4.43. The molecule has 1 N–H and O–H groups in total. The Morgan fingerprint density at radius 2 is 1.68 bits per heavy atom. The minimum atomic E-state index is -1.48. The SMILES string of the molecule is O=C(O)c1cc(Cl)c(-c2ccc(F)cc2F)cc1F. The molecule has 0 heterocycles. The van der Waals surface area contributed by atoms with Gasteiger partial charge >= 0.3 is 5.97 Å². The van der Waals surface area contributed by atoms with Crippen molar-refractivity contribution in [2.75, 3.05) is 0 Å². The normalized spacial score (nSPS) is 10.5. The molecule has 0 aliphatic carbocycles. The van der Waals surface area contributed by atoms with Crippen LogP contribution in [-0.4, -0.2) is 11.1 Å². The second-order valence-corrected chi connectivity index (χ2v) is 4.15. The van der Waals surface area contributed by atoms with Crippen LogP contribution in [0.15, 0.2) is 30.3 Å². The molecule has 0 aliphatic rings. The van der Waals surface area contributed by atoms with Gasteiger partial charge in [0.1, 0.15) is 17.5 Å². The van der Waals surface area contributed by atoms with Crippen molar-refractivity contribution in [2.45, 2.75) is 0 Å². The van der Waals surface area contributed by atoms with Crippen molar-refractivity contribution < 1.29 is 23.1 Å². The molecule has 0 saturated heterocycles. The summed E-state index contributed by atoms with van der Waals surface area (Å²) in [5, 5.41) is 8.59. The van der Waals surface area contributed by atoms with Gasteiger partial charge in [-0.1, -0.05) is 11.6 Å². The molecule has 0 bridgehead atoms. The van der Waals surface area contributed by atoms with Crippen molar-refractivity contribution in [1.82, 2.24) is 0 Å². The minimum absolute atomic E-state index is 0.0401. The van der Waals surface area contributed by atoms with Gasteiger partial charge in [-0.3, -0.25) is 0 Å². The van der Waals surface area contributed by atoms with Crippen LogP contribution in [0.2, 0.25) is 5.02 Å². The monoisotopic (exact) mass is 286 g/mol. The smallest absolute Gasteiger partial charge is 0.338 e. The van der Waals surface area contributed by atoms with Crippen LogP contribution < -0.4 is 0 Å². The van der Waals surface area contributed by atoms with Gasteiger partial charge in [-0.25, -0.2) is 18.0 Å². The summed E-state index contributed by atoms with van der Waals surface area (Å²) in [5.41, 5.74) is -0.764. The van der Waals surface area contributed by atoms with Crippen LogP contribution in [0.5, 0.6) is 0 Å². The first-order valence-corrected chi connectivity index (χ1v) is 5.45. The maximum absolute atomic E-state index is 13.6. The number of halogens is 4. The molecule has 0 atom stereocenters. The lowest BCUT2D eigenvalue weighted by Crippen LogP contribution is -2.01. The van der Waals surface area contributed by atoms with Crippen LogP contribution in [0.3, 0.4) is 0 Å². The Balaban J connectivity index is 2.63. The molecule has 98 valence electrons. The van der Waals surface area contributed by atoms with E-state index in [0.29, 0.717) is 6.07 Å². The summed E-state index contributed by atoms with van der Waals surface area (Å²) in [6.07, 6.45) is 0. The standard InChI is InChI=1S/C13H6ClF3O2/c14-10-4-9(13(18)19)12(17)5-8(10)7-2-1-6(15)3-11(7)16/h1-5H,(H,18,19). The molecule has 0 aromatic heterocycles. The third-order valence-electron chi connectivity index (χ3n) is 2.51. The average molecular weight is 287 g/mol. The van der Waals surface area contributed by atoms with Crippen molar-refractivity contribution in [2.24, 2.45) is 0 Å². The average Bonchev–Trinajstić information content (AvgIpc) is 2.32. The highest BCUT2D eigenvalue weighted by molar-refractivity contribution is 6.33. The molecule has 6 heteroatoms. The van der Waals surface area contributed by atoms with Gasteiger partial charge in [0.05, 0.1) is 5.56 Å². The molecule has 0 aliphatic heterocycles. The first kappa shape index (κ1) is 13.4. The molecule has 0 fully saturated rings. The lowest BCUT2D eigenvalue weighted by molar-refractivity contribution is 0.0692. The Hall–Kier alpha value is -2.01. The van der Waals surface area contributed by atoms with Gasteiger partial charge in [0, 0.05) is 22.2 Å². The summed E-state index contributed by atoms with van der Waals surface area (Å²) in [6.45, 7) is 0. The van der Waals surface area contributed by atoms with E-state index < -0.39 is 29.0 Å². The summed E-state index contributed by atoms with van der Waals surface area (Å²) < 4.78 is 39.9. The number of carbonyl (C=O) groups is 1. The molecule has 19 heavy (non-hydrogen) atoms. The van der Waals surface area contributed by atoms with Crippen molar-refractivity contribution in [3.05, 3.63) is 58.4 Å². The highest BCUT2D eigenvalue weighted by atomic mass is 35.5. The fourth-order valence-corrected chi connectivity index (χ4v) is 1.89. The van der Waals surface area contributed by atoms with Gasteiger partial charge in [0.2, 0.25) is 0 Å². The molecular formula is C13H6ClF3O2. The first-order chi connectivity index (χ1) is 8.90. The van der Waals surface area contributed by atoms with E-state index in [4.69, 9.17) is 16.7 Å². The second kappa shape index (κ2) is 4.93. The Kier molecular flexibility index (Phi) is 3.48. The van der Waals surface area contributed by atoms with E-state index in [1.54, 1.807) is 0 Å². The highest BCUT2D eigenvalue weighted by Crippen LogP contribution is 2.32. The van der Waals surface area contributed by atoms with Crippen molar-refractivity contribution in [3.63, 3.8) is 0 Å². The summed E-state index contributed by atoms with van der Waals surface area (Å²) in [7, 11) is 0. The number of hydrogen-bond acceptors (Lipinski definition) is 1. The molecular weight excluding hydrogens is 281 g/mol. The third-order valence-corrected chi connectivity index (χ3v) is 2.82. The van der Waals surface area contributed by atoms with Crippen molar-refractivity contribution >= 4 is 17.6 Å². The molecule has 0 unspecified atom stereocenters. The lowest BCUT2D eigenvalue weighted by Gasteiger charge is -2.08. The minimum Gasteiger partial charge on any atom is -0.478 e. The van der Waals surface area contributed by atoms with Crippen LogP contribution in [-0.2, 0) is 0 Å². The number of hydrogen-bond donors (Lipinski definition) is 1. The summed E-state index contributed by atoms with van der Waals surface area (Å²) in [4.78, 5) is 10.7. The zero-order valence-electron chi connectivity index (χ0n) is 9.25. The predicted molar refractivity (Wildman–Crippen MR) is 63.7 cm³/mol. The quantitative estimate of drug-likeness (QED) is 0.901. The van der Waals surface area contributed by atoms with E-state index in [1.165, 1.54) is 0 Å². The van der Waals surface area contributed by atoms with E-state index in [1.807, 2.05) is 0 Å². The summed E-state index contributed by atoms with van der Waals surface area (Å²) >= 11 is 5.80. The van der Waals surface area contributed by atoms with E-state index in [0.717, 1.165) is 24.3 Å². The third kappa shape index (κ3) is 2.56. The van der Waals surface area contributed by atoms with Gasteiger partial charge in [-0.05, 0) is 24.3 Å². The highest BCUT2D eigenvalue weighted by Gasteiger charge is 2.17. The molecule has 2 aromatic rings. The van der Waals surface area contributed by atoms with Gasteiger partial charge in [-0.15, -0.1) is 0 Å². The lowest BCUT2D eigenvalue weighted by atomic mass is 10.0. The Morgan fingerprint density at radius 1 is 1.00 bits per heavy atom. The van der Waals surface area contributed by atoms with Gasteiger partial charge < -0.3 is 5.11 Å². The van der Waals surface area contributed by atoms with Crippen molar-refractivity contribution in [1.29, 1.82) is 0 Å². The maximum atomic E-state index is 13.6. The van der Waals surface area contributed by atoms with Crippen LogP contribution in [0, 0.1) is 17.5 Å². The Bertz CT molecular complexity index is 671. The van der Waals surface area contributed by atoms with E-state index in [-0.39, 0.29) is 16.1 Å². The molecule has 2 rings (SSSR count). The van der Waals surface area contributed by atoms with Gasteiger partial charge in [0.15, 0.2) is 0 Å². The molecule has 0 amide bonds. The number of carboxylic acids is 1. The Morgan fingerprint density at radius 3 is 2.26 bits per heavy atom. The number of carboxylic acid groups (broad SMARTS) is 1. The van der Waals surface area contributed by atoms with Crippen LogP contribution in [0.25, 0.3) is 11.1 Å². The molecule has 2 aromatic carbocycles. The zero-order valence-corrected chi connectivity index (χ0v) is 10.0. The Labute approximate surface area is 111 Å². The van der Waals surface area contributed by atoms with E-state index in [9.17, 15) is 18.0 Å². The van der Waals surface area contributed by atoms with Crippen LogP contribution in [0.1, 0.15) is 10.4 Å². The van der Waals surface area contributed by atoms with E-state index in [2.05, 4.69) is 0 Å². The molecule has 0 saturated carbocycles. The second-order valence-electron chi connectivity index (χ2n) is 3.74.